The zero-order valence-electron chi connectivity index (χ0n) is 8.04. The Morgan fingerprint density at radius 2 is 2.14 bits per heavy atom. The summed E-state index contributed by atoms with van der Waals surface area (Å²) in [5, 5.41) is 12.2. The molecular formula is C10H13NO3. The van der Waals surface area contributed by atoms with E-state index < -0.39 is 11.9 Å². The molecule has 0 aromatic carbocycles. The topological polar surface area (TPSA) is 66.4 Å². The molecule has 1 aliphatic carbocycles. The second-order valence-electron chi connectivity index (χ2n) is 3.83. The monoisotopic (exact) mass is 195 g/mol. The summed E-state index contributed by atoms with van der Waals surface area (Å²) >= 11 is 0. The van der Waals surface area contributed by atoms with E-state index in [1.54, 1.807) is 0 Å². The third kappa shape index (κ3) is 1.31. The minimum absolute atomic E-state index is 0.000602. The molecule has 1 unspecified atom stereocenters. The van der Waals surface area contributed by atoms with Gasteiger partial charge in [-0.1, -0.05) is 6.92 Å². The van der Waals surface area contributed by atoms with Crippen molar-refractivity contribution >= 4 is 11.7 Å². The highest BCUT2D eigenvalue weighted by Gasteiger charge is 2.40. The molecule has 0 bridgehead atoms. The molecule has 2 aliphatic rings. The summed E-state index contributed by atoms with van der Waals surface area (Å²) in [6, 6.07) is -0.432. The van der Waals surface area contributed by atoms with Crippen molar-refractivity contribution in [1.29, 1.82) is 0 Å². The summed E-state index contributed by atoms with van der Waals surface area (Å²) in [5.74, 6) is -0.605. The molecule has 0 aromatic rings. The van der Waals surface area contributed by atoms with E-state index in [-0.39, 0.29) is 23.0 Å². The van der Waals surface area contributed by atoms with Crippen molar-refractivity contribution in [2.24, 2.45) is 5.92 Å². The highest BCUT2D eigenvalue weighted by molar-refractivity contribution is 6.26. The van der Waals surface area contributed by atoms with Gasteiger partial charge in [0.15, 0.2) is 5.78 Å². The summed E-state index contributed by atoms with van der Waals surface area (Å²) < 4.78 is 0. The van der Waals surface area contributed by atoms with E-state index in [4.69, 9.17) is 0 Å². The molecule has 2 fully saturated rings. The van der Waals surface area contributed by atoms with Crippen LogP contribution < -0.4 is 5.32 Å². The van der Waals surface area contributed by atoms with Gasteiger partial charge < -0.3 is 10.4 Å². The summed E-state index contributed by atoms with van der Waals surface area (Å²) in [6.07, 6.45) is 2.34. The van der Waals surface area contributed by atoms with E-state index in [1.807, 2.05) is 6.92 Å². The predicted molar refractivity (Wildman–Crippen MR) is 49.6 cm³/mol. The van der Waals surface area contributed by atoms with Gasteiger partial charge in [0.1, 0.15) is 11.3 Å². The van der Waals surface area contributed by atoms with Crippen LogP contribution >= 0.6 is 0 Å². The van der Waals surface area contributed by atoms with E-state index in [0.29, 0.717) is 6.42 Å². The van der Waals surface area contributed by atoms with Gasteiger partial charge in [-0.3, -0.25) is 9.59 Å². The lowest BCUT2D eigenvalue weighted by Crippen LogP contribution is -2.27. The normalized spacial score (nSPS) is 30.5. The average Bonchev–Trinajstić information content (AvgIpc) is 2.93. The molecule has 1 saturated heterocycles. The summed E-state index contributed by atoms with van der Waals surface area (Å²) in [7, 11) is 0. The first-order chi connectivity index (χ1) is 6.65. The Kier molecular flexibility index (Phi) is 2.06. The molecule has 1 aliphatic heterocycles. The molecule has 1 heterocycles. The van der Waals surface area contributed by atoms with Crippen LogP contribution in [0.4, 0.5) is 0 Å². The number of nitrogens with one attached hydrogen (secondary N) is 1. The van der Waals surface area contributed by atoms with Gasteiger partial charge in [-0.15, -0.1) is 0 Å². The highest BCUT2D eigenvalue weighted by Crippen LogP contribution is 2.37. The van der Waals surface area contributed by atoms with E-state index in [2.05, 4.69) is 5.32 Å². The second kappa shape index (κ2) is 3.12. The number of aliphatic hydroxyl groups is 1. The Balaban J connectivity index is 2.31. The van der Waals surface area contributed by atoms with Crippen molar-refractivity contribution in [2.75, 3.05) is 0 Å². The van der Waals surface area contributed by atoms with Crippen LogP contribution in [0.25, 0.3) is 0 Å². The van der Waals surface area contributed by atoms with Gasteiger partial charge in [0.25, 0.3) is 5.91 Å². The molecular weight excluding hydrogens is 182 g/mol. The molecule has 0 radical (unpaired) electrons. The van der Waals surface area contributed by atoms with E-state index >= 15 is 0 Å². The Hall–Kier alpha value is -1.32. The number of carbonyl (C=O) groups excluding carboxylic acids is 2. The molecule has 1 saturated carbocycles. The van der Waals surface area contributed by atoms with E-state index in [0.717, 1.165) is 12.8 Å². The average molecular weight is 195 g/mol. The van der Waals surface area contributed by atoms with Crippen molar-refractivity contribution < 1.29 is 14.7 Å². The quantitative estimate of drug-likeness (QED) is 0.387. The van der Waals surface area contributed by atoms with Crippen LogP contribution in [-0.4, -0.2) is 22.8 Å². The Labute approximate surface area is 82.0 Å². The van der Waals surface area contributed by atoms with E-state index in [9.17, 15) is 14.7 Å². The molecule has 2 rings (SSSR count). The SMILES string of the molecule is CCC1NC(=O)C(=C(O)C2CC2)C1=O. The van der Waals surface area contributed by atoms with Crippen molar-refractivity contribution in [3.63, 3.8) is 0 Å². The molecule has 1 atom stereocenters. The van der Waals surface area contributed by atoms with Gasteiger partial charge in [-0.2, -0.15) is 0 Å². The van der Waals surface area contributed by atoms with Gasteiger partial charge in [-0.05, 0) is 19.3 Å². The maximum atomic E-state index is 11.6. The van der Waals surface area contributed by atoms with Gasteiger partial charge in [-0.25, -0.2) is 0 Å². The van der Waals surface area contributed by atoms with Gasteiger partial charge in [0.05, 0.1) is 6.04 Å². The molecule has 4 nitrogen and oxygen atoms in total. The third-order valence-corrected chi connectivity index (χ3v) is 2.72. The van der Waals surface area contributed by atoms with Crippen LogP contribution in [0.2, 0.25) is 0 Å². The van der Waals surface area contributed by atoms with Crippen LogP contribution in [0, 0.1) is 5.92 Å². The van der Waals surface area contributed by atoms with E-state index in [1.165, 1.54) is 0 Å². The molecule has 0 spiro atoms. The minimum atomic E-state index is -0.432. The molecule has 1 amide bonds. The van der Waals surface area contributed by atoms with Crippen LogP contribution in [0.3, 0.4) is 0 Å². The number of Topliss-reactive ketones (excluding diaryl/α,β-unsaturated/α-hetero) is 1. The fraction of sp³-hybridized carbons (Fsp3) is 0.600. The summed E-state index contributed by atoms with van der Waals surface area (Å²) in [6.45, 7) is 1.83. The maximum absolute atomic E-state index is 11.6. The molecule has 4 heteroatoms. The number of hydrogen-bond donors (Lipinski definition) is 2. The maximum Gasteiger partial charge on any atom is 0.259 e. The first kappa shape index (κ1) is 9.24. The predicted octanol–water partition coefficient (Wildman–Crippen LogP) is 0.686. The minimum Gasteiger partial charge on any atom is -0.511 e. The molecule has 14 heavy (non-hydrogen) atoms. The van der Waals surface area contributed by atoms with Crippen LogP contribution in [0.1, 0.15) is 26.2 Å². The standard InChI is InChI=1S/C10H13NO3/c1-2-6-9(13)7(10(14)11-6)8(12)5-3-4-5/h5-6,12H,2-4H2,1H3,(H,11,14). The first-order valence-electron chi connectivity index (χ1n) is 4.93. The van der Waals surface area contributed by atoms with Crippen LogP contribution in [0.15, 0.2) is 11.3 Å². The van der Waals surface area contributed by atoms with Crippen molar-refractivity contribution in [1.82, 2.24) is 5.32 Å². The fourth-order valence-electron chi connectivity index (χ4n) is 1.67. The largest absolute Gasteiger partial charge is 0.511 e. The number of aliphatic hydroxyl groups excluding tert-OH is 1. The van der Waals surface area contributed by atoms with Crippen molar-refractivity contribution in [3.05, 3.63) is 11.3 Å². The van der Waals surface area contributed by atoms with Gasteiger partial charge in [0, 0.05) is 5.92 Å². The Morgan fingerprint density at radius 3 is 2.57 bits per heavy atom. The number of amides is 1. The first-order valence-corrected chi connectivity index (χ1v) is 4.93. The summed E-state index contributed by atoms with van der Waals surface area (Å²) in [5.41, 5.74) is -0.000602. The zero-order chi connectivity index (χ0) is 10.3. The highest BCUT2D eigenvalue weighted by atomic mass is 16.3. The smallest absolute Gasteiger partial charge is 0.259 e. The second-order valence-corrected chi connectivity index (χ2v) is 3.83. The Bertz CT molecular complexity index is 328. The lowest BCUT2D eigenvalue weighted by molar-refractivity contribution is -0.117. The molecule has 76 valence electrons. The van der Waals surface area contributed by atoms with Crippen LogP contribution in [0.5, 0.6) is 0 Å². The number of hydrogen-bond acceptors (Lipinski definition) is 3. The number of ketones is 1. The number of rotatable bonds is 2. The Morgan fingerprint density at radius 1 is 1.50 bits per heavy atom. The third-order valence-electron chi connectivity index (χ3n) is 2.72. The van der Waals surface area contributed by atoms with Crippen molar-refractivity contribution in [2.45, 2.75) is 32.2 Å². The van der Waals surface area contributed by atoms with Crippen molar-refractivity contribution in [3.8, 4) is 0 Å². The fourth-order valence-corrected chi connectivity index (χ4v) is 1.67. The van der Waals surface area contributed by atoms with Gasteiger partial charge >= 0.3 is 0 Å². The number of allylic oxidation sites excluding steroid dienone is 1. The summed E-state index contributed by atoms with van der Waals surface area (Å²) in [4.78, 5) is 23.0. The zero-order valence-corrected chi connectivity index (χ0v) is 8.04. The lowest BCUT2D eigenvalue weighted by atomic mass is 10.1. The molecule has 2 N–H and O–H groups in total. The van der Waals surface area contributed by atoms with Gasteiger partial charge in [0.2, 0.25) is 0 Å². The molecule has 0 aromatic heterocycles. The lowest BCUT2D eigenvalue weighted by Gasteiger charge is -2.01. The van der Waals surface area contributed by atoms with Crippen LogP contribution in [-0.2, 0) is 9.59 Å². The number of carbonyl (C=O) groups is 2.